The van der Waals surface area contributed by atoms with Crippen LogP contribution in [0, 0.1) is 5.82 Å². The summed E-state index contributed by atoms with van der Waals surface area (Å²) in [5.41, 5.74) is 0.650. The topological polar surface area (TPSA) is 49.8 Å². The third kappa shape index (κ3) is 3.19. The minimum absolute atomic E-state index is 0.0490. The summed E-state index contributed by atoms with van der Waals surface area (Å²) < 4.78 is 18.7. The maximum absolute atomic E-state index is 13.2. The van der Waals surface area contributed by atoms with Crippen molar-refractivity contribution in [3.63, 3.8) is 0 Å². The van der Waals surface area contributed by atoms with Crippen LogP contribution in [0.5, 0.6) is 0 Å². The molecular formula is C21H22FNO3. The summed E-state index contributed by atoms with van der Waals surface area (Å²) in [7, 11) is 0. The van der Waals surface area contributed by atoms with Crippen molar-refractivity contribution in [3.05, 3.63) is 71.5 Å². The zero-order valence-corrected chi connectivity index (χ0v) is 14.5. The third-order valence-corrected chi connectivity index (χ3v) is 5.56. The van der Waals surface area contributed by atoms with Gasteiger partial charge in [-0.2, -0.15) is 0 Å². The van der Waals surface area contributed by atoms with Gasteiger partial charge in [0.1, 0.15) is 12.4 Å². The molecule has 2 heterocycles. The lowest BCUT2D eigenvalue weighted by atomic mass is 9.80. The average Bonchev–Trinajstić information content (AvgIpc) is 2.93. The van der Waals surface area contributed by atoms with Crippen molar-refractivity contribution in [3.8, 4) is 0 Å². The van der Waals surface area contributed by atoms with Gasteiger partial charge in [0, 0.05) is 24.9 Å². The Kier molecular flexibility index (Phi) is 4.41. The maximum Gasteiger partial charge on any atom is 0.410 e. The predicted octanol–water partition coefficient (Wildman–Crippen LogP) is 3.98. The van der Waals surface area contributed by atoms with E-state index in [0.29, 0.717) is 18.4 Å². The highest BCUT2D eigenvalue weighted by Crippen LogP contribution is 2.46. The van der Waals surface area contributed by atoms with Crippen LogP contribution in [0.3, 0.4) is 0 Å². The van der Waals surface area contributed by atoms with Crippen molar-refractivity contribution >= 4 is 6.09 Å². The highest BCUT2D eigenvalue weighted by atomic mass is 19.1. The SMILES string of the molecule is O=C(OCc1ccccc1)N1C2CCC1CC(O)(c1ccc(F)cc1)C2. The summed E-state index contributed by atoms with van der Waals surface area (Å²) in [6.07, 6.45) is 2.30. The summed E-state index contributed by atoms with van der Waals surface area (Å²) in [4.78, 5) is 14.4. The van der Waals surface area contributed by atoms with Gasteiger partial charge in [0.25, 0.3) is 0 Å². The van der Waals surface area contributed by atoms with Crippen molar-refractivity contribution in [1.29, 1.82) is 0 Å². The minimum atomic E-state index is -1.02. The molecule has 4 nitrogen and oxygen atoms in total. The molecule has 136 valence electrons. The zero-order chi connectivity index (χ0) is 18.1. The molecule has 2 atom stereocenters. The van der Waals surface area contributed by atoms with E-state index in [2.05, 4.69) is 0 Å². The first-order valence-corrected chi connectivity index (χ1v) is 9.03. The molecule has 1 N–H and O–H groups in total. The number of aliphatic hydroxyl groups is 1. The second-order valence-electron chi connectivity index (χ2n) is 7.28. The van der Waals surface area contributed by atoms with Crippen LogP contribution >= 0.6 is 0 Å². The number of benzene rings is 2. The Morgan fingerprint density at radius 2 is 1.69 bits per heavy atom. The van der Waals surface area contributed by atoms with E-state index in [9.17, 15) is 14.3 Å². The van der Waals surface area contributed by atoms with Gasteiger partial charge in [-0.25, -0.2) is 9.18 Å². The van der Waals surface area contributed by atoms with Crippen LogP contribution in [-0.2, 0) is 16.9 Å². The van der Waals surface area contributed by atoms with Gasteiger partial charge >= 0.3 is 6.09 Å². The Morgan fingerprint density at radius 1 is 1.08 bits per heavy atom. The van der Waals surface area contributed by atoms with Gasteiger partial charge in [0.15, 0.2) is 0 Å². The molecule has 26 heavy (non-hydrogen) atoms. The fourth-order valence-corrected chi connectivity index (χ4v) is 4.31. The number of hydrogen-bond acceptors (Lipinski definition) is 3. The number of amides is 1. The Labute approximate surface area is 152 Å². The third-order valence-electron chi connectivity index (χ3n) is 5.56. The molecule has 2 bridgehead atoms. The smallest absolute Gasteiger partial charge is 0.410 e. The first kappa shape index (κ1) is 17.0. The van der Waals surface area contributed by atoms with Crippen LogP contribution in [0.15, 0.2) is 54.6 Å². The number of ether oxygens (including phenoxy) is 1. The monoisotopic (exact) mass is 355 g/mol. The number of halogens is 1. The van der Waals surface area contributed by atoms with E-state index in [1.54, 1.807) is 17.0 Å². The number of fused-ring (bicyclic) bond motifs is 2. The molecule has 2 fully saturated rings. The van der Waals surface area contributed by atoms with Crippen LogP contribution in [0.4, 0.5) is 9.18 Å². The van der Waals surface area contributed by atoms with Crippen molar-refractivity contribution in [2.45, 2.75) is 50.0 Å². The molecule has 2 saturated heterocycles. The van der Waals surface area contributed by atoms with E-state index in [4.69, 9.17) is 4.74 Å². The Morgan fingerprint density at radius 3 is 2.31 bits per heavy atom. The Hall–Kier alpha value is -2.40. The summed E-state index contributed by atoms with van der Waals surface area (Å²) in [5.74, 6) is -0.317. The van der Waals surface area contributed by atoms with Gasteiger partial charge in [0.2, 0.25) is 0 Å². The molecule has 1 amide bonds. The van der Waals surface area contributed by atoms with Gasteiger partial charge < -0.3 is 14.7 Å². The second kappa shape index (κ2) is 6.72. The fraction of sp³-hybridized carbons (Fsp3) is 0.381. The second-order valence-corrected chi connectivity index (χ2v) is 7.28. The number of piperidine rings is 1. The largest absolute Gasteiger partial charge is 0.445 e. The molecule has 2 unspecified atom stereocenters. The lowest BCUT2D eigenvalue weighted by Crippen LogP contribution is -2.52. The molecular weight excluding hydrogens is 333 g/mol. The van der Waals surface area contributed by atoms with Crippen LogP contribution in [0.2, 0.25) is 0 Å². The summed E-state index contributed by atoms with van der Waals surface area (Å²) in [5, 5.41) is 11.1. The molecule has 0 aromatic heterocycles. The van der Waals surface area contributed by atoms with Gasteiger partial charge in [0.05, 0.1) is 5.60 Å². The van der Waals surface area contributed by atoms with E-state index in [-0.39, 0.29) is 30.6 Å². The normalized spacial score (nSPS) is 27.4. The van der Waals surface area contributed by atoms with Gasteiger partial charge in [-0.3, -0.25) is 0 Å². The molecule has 2 aromatic carbocycles. The van der Waals surface area contributed by atoms with E-state index >= 15 is 0 Å². The summed E-state index contributed by atoms with van der Waals surface area (Å²) in [6.45, 7) is 0.248. The number of carbonyl (C=O) groups is 1. The lowest BCUT2D eigenvalue weighted by molar-refractivity contribution is -0.0537. The van der Waals surface area contributed by atoms with Crippen LogP contribution in [0.25, 0.3) is 0 Å². The zero-order valence-electron chi connectivity index (χ0n) is 14.5. The first-order valence-electron chi connectivity index (χ1n) is 9.03. The highest BCUT2D eigenvalue weighted by Gasteiger charge is 2.50. The number of rotatable bonds is 3. The molecule has 0 aliphatic carbocycles. The number of carbonyl (C=O) groups excluding carboxylic acids is 1. The lowest BCUT2D eigenvalue weighted by Gasteiger charge is -2.43. The van der Waals surface area contributed by atoms with Crippen LogP contribution < -0.4 is 0 Å². The standard InChI is InChI=1S/C21H22FNO3/c22-17-8-6-16(7-9-17)21(25)12-18-10-11-19(13-21)23(18)20(24)26-14-15-4-2-1-3-5-15/h1-9,18-19,25H,10-14H2. The van der Waals surface area contributed by atoms with Gasteiger partial charge in [-0.15, -0.1) is 0 Å². The molecule has 2 aromatic rings. The maximum atomic E-state index is 13.2. The predicted molar refractivity (Wildman–Crippen MR) is 94.8 cm³/mol. The molecule has 2 aliphatic heterocycles. The minimum Gasteiger partial charge on any atom is -0.445 e. The quantitative estimate of drug-likeness (QED) is 0.906. The molecule has 0 saturated carbocycles. The van der Waals surface area contributed by atoms with Gasteiger partial charge in [-0.05, 0) is 36.1 Å². The molecule has 2 aliphatic rings. The van der Waals surface area contributed by atoms with Crippen molar-refractivity contribution in [2.75, 3.05) is 0 Å². The van der Waals surface area contributed by atoms with Crippen molar-refractivity contribution < 1.29 is 19.0 Å². The highest BCUT2D eigenvalue weighted by molar-refractivity contribution is 5.69. The van der Waals surface area contributed by atoms with E-state index in [0.717, 1.165) is 18.4 Å². The Bertz CT molecular complexity index is 764. The molecule has 0 radical (unpaired) electrons. The van der Waals surface area contributed by atoms with Gasteiger partial charge in [-0.1, -0.05) is 42.5 Å². The van der Waals surface area contributed by atoms with E-state index in [1.807, 2.05) is 30.3 Å². The van der Waals surface area contributed by atoms with Crippen LogP contribution in [-0.4, -0.2) is 28.2 Å². The van der Waals surface area contributed by atoms with E-state index < -0.39 is 5.60 Å². The fourth-order valence-electron chi connectivity index (χ4n) is 4.31. The Balaban J connectivity index is 1.45. The van der Waals surface area contributed by atoms with Crippen LogP contribution in [0.1, 0.15) is 36.8 Å². The molecule has 4 rings (SSSR count). The van der Waals surface area contributed by atoms with Crippen molar-refractivity contribution in [2.24, 2.45) is 0 Å². The molecule has 5 heteroatoms. The number of nitrogens with zero attached hydrogens (tertiary/aromatic N) is 1. The van der Waals surface area contributed by atoms with Crippen molar-refractivity contribution in [1.82, 2.24) is 4.90 Å². The number of hydrogen-bond donors (Lipinski definition) is 1. The average molecular weight is 355 g/mol. The molecule has 0 spiro atoms. The summed E-state index contributed by atoms with van der Waals surface area (Å²) in [6, 6.07) is 15.5. The first-order chi connectivity index (χ1) is 12.5. The van der Waals surface area contributed by atoms with E-state index in [1.165, 1.54) is 12.1 Å². The summed E-state index contributed by atoms with van der Waals surface area (Å²) >= 11 is 0.